The van der Waals surface area contributed by atoms with E-state index >= 15 is 0 Å². The standard InChI is InChI=1S/C23H21ClN6O3/c1-13-10-14(2-5-19(13)30-8-9-33-12-20(30)31)23(32)28-21(17-6-7-25-29-17)22-26-16-4-3-15(24)11-18(16)27-22/h2-7,10-11,21H,8-9,12H2,1H3,(H,25,29)(H,26,27)(H,28,32). The summed E-state index contributed by atoms with van der Waals surface area (Å²) in [6, 6.07) is 11.9. The number of benzene rings is 2. The van der Waals surface area contributed by atoms with Gasteiger partial charge in [-0.3, -0.25) is 14.7 Å². The Labute approximate surface area is 194 Å². The normalized spacial score (nSPS) is 15.1. The number of aryl methyl sites for hydroxylation is 1. The lowest BCUT2D eigenvalue weighted by Gasteiger charge is -2.28. The predicted molar refractivity (Wildman–Crippen MR) is 123 cm³/mol. The second-order valence-corrected chi connectivity index (χ2v) is 8.24. The van der Waals surface area contributed by atoms with E-state index in [0.717, 1.165) is 22.3 Å². The van der Waals surface area contributed by atoms with Crippen molar-refractivity contribution in [3.05, 3.63) is 76.3 Å². The second kappa shape index (κ2) is 8.68. The molecule has 9 nitrogen and oxygen atoms in total. The van der Waals surface area contributed by atoms with Gasteiger partial charge in [-0.15, -0.1) is 0 Å². The quantitative estimate of drug-likeness (QED) is 0.419. The van der Waals surface area contributed by atoms with E-state index in [2.05, 4.69) is 25.5 Å². The van der Waals surface area contributed by atoms with Crippen molar-refractivity contribution in [2.24, 2.45) is 0 Å². The highest BCUT2D eigenvalue weighted by molar-refractivity contribution is 6.31. The molecule has 2 aromatic heterocycles. The number of amides is 2. The van der Waals surface area contributed by atoms with E-state index in [9.17, 15) is 9.59 Å². The zero-order valence-electron chi connectivity index (χ0n) is 17.8. The van der Waals surface area contributed by atoms with Gasteiger partial charge in [-0.2, -0.15) is 5.10 Å². The van der Waals surface area contributed by atoms with Crippen LogP contribution in [0.3, 0.4) is 0 Å². The number of aromatic amines is 2. The molecule has 0 saturated carbocycles. The molecule has 2 aromatic carbocycles. The molecule has 2 amide bonds. The number of nitrogens with zero attached hydrogens (tertiary/aromatic N) is 3. The fraction of sp³-hybridized carbons (Fsp3) is 0.217. The first-order chi connectivity index (χ1) is 16.0. The minimum absolute atomic E-state index is 0.0657. The molecule has 1 atom stereocenters. The van der Waals surface area contributed by atoms with E-state index in [0.29, 0.717) is 35.3 Å². The lowest BCUT2D eigenvalue weighted by atomic mass is 10.1. The number of morpholine rings is 1. The summed E-state index contributed by atoms with van der Waals surface area (Å²) in [4.78, 5) is 34.9. The molecule has 5 rings (SSSR count). The Kier molecular flexibility index (Phi) is 5.57. The monoisotopic (exact) mass is 464 g/mol. The average Bonchev–Trinajstić information content (AvgIpc) is 3.47. The van der Waals surface area contributed by atoms with Crippen LogP contribution in [0, 0.1) is 6.92 Å². The molecule has 0 spiro atoms. The Bertz CT molecular complexity index is 1330. The minimum Gasteiger partial charge on any atom is -0.370 e. The van der Waals surface area contributed by atoms with Crippen LogP contribution in [0.2, 0.25) is 5.02 Å². The van der Waals surface area contributed by atoms with E-state index < -0.39 is 6.04 Å². The maximum atomic E-state index is 13.2. The molecule has 1 saturated heterocycles. The van der Waals surface area contributed by atoms with Gasteiger partial charge in [0.25, 0.3) is 11.8 Å². The number of hydrogen-bond acceptors (Lipinski definition) is 5. The van der Waals surface area contributed by atoms with Gasteiger partial charge in [-0.25, -0.2) is 4.98 Å². The third kappa shape index (κ3) is 4.20. The number of anilines is 1. The van der Waals surface area contributed by atoms with Gasteiger partial charge in [0.15, 0.2) is 0 Å². The van der Waals surface area contributed by atoms with Crippen molar-refractivity contribution in [2.75, 3.05) is 24.7 Å². The number of ether oxygens (including phenoxy) is 1. The Morgan fingerprint density at radius 2 is 2.12 bits per heavy atom. The number of rotatable bonds is 5. The third-order valence-electron chi connectivity index (χ3n) is 5.58. The van der Waals surface area contributed by atoms with Crippen molar-refractivity contribution in [3.8, 4) is 0 Å². The SMILES string of the molecule is Cc1cc(C(=O)NC(c2ccn[nH]2)c2nc3ccc(Cl)cc3[nH]2)ccc1N1CCOCC1=O. The van der Waals surface area contributed by atoms with E-state index in [1.54, 1.807) is 47.5 Å². The van der Waals surface area contributed by atoms with Gasteiger partial charge in [0, 0.05) is 29.0 Å². The van der Waals surface area contributed by atoms with Crippen LogP contribution in [0.4, 0.5) is 5.69 Å². The smallest absolute Gasteiger partial charge is 0.253 e. The number of carbonyl (C=O) groups excluding carboxylic acids is 2. The highest BCUT2D eigenvalue weighted by Crippen LogP contribution is 2.26. The number of nitrogens with one attached hydrogen (secondary N) is 3. The summed E-state index contributed by atoms with van der Waals surface area (Å²) in [5, 5.41) is 10.5. The minimum atomic E-state index is -0.577. The van der Waals surface area contributed by atoms with Crippen molar-refractivity contribution in [1.82, 2.24) is 25.5 Å². The molecule has 0 radical (unpaired) electrons. The number of H-pyrrole nitrogens is 2. The summed E-state index contributed by atoms with van der Waals surface area (Å²) in [6.07, 6.45) is 1.62. The molecule has 1 unspecified atom stereocenters. The van der Waals surface area contributed by atoms with Gasteiger partial charge in [0.05, 0.1) is 23.3 Å². The van der Waals surface area contributed by atoms with Gasteiger partial charge < -0.3 is 19.9 Å². The fourth-order valence-electron chi connectivity index (χ4n) is 3.95. The first kappa shape index (κ1) is 21.2. The first-order valence-corrected chi connectivity index (χ1v) is 10.8. The Morgan fingerprint density at radius 1 is 1.24 bits per heavy atom. The number of hydrogen-bond donors (Lipinski definition) is 3. The van der Waals surface area contributed by atoms with Crippen LogP contribution in [0.1, 0.15) is 33.5 Å². The number of fused-ring (bicyclic) bond motifs is 1. The summed E-state index contributed by atoms with van der Waals surface area (Å²) in [5.41, 5.74) is 4.27. The highest BCUT2D eigenvalue weighted by Gasteiger charge is 2.25. The molecule has 0 bridgehead atoms. The largest absolute Gasteiger partial charge is 0.370 e. The molecule has 33 heavy (non-hydrogen) atoms. The molecule has 168 valence electrons. The zero-order chi connectivity index (χ0) is 22.9. The molecule has 3 N–H and O–H groups in total. The van der Waals surface area contributed by atoms with E-state index in [1.165, 1.54) is 0 Å². The lowest BCUT2D eigenvalue weighted by molar-refractivity contribution is -0.125. The van der Waals surface area contributed by atoms with Crippen molar-refractivity contribution >= 4 is 40.1 Å². The van der Waals surface area contributed by atoms with Crippen LogP contribution < -0.4 is 10.2 Å². The molecule has 10 heteroatoms. The summed E-state index contributed by atoms with van der Waals surface area (Å²) in [7, 11) is 0. The van der Waals surface area contributed by atoms with E-state index in [4.69, 9.17) is 16.3 Å². The topological polar surface area (TPSA) is 116 Å². The number of carbonyl (C=O) groups is 2. The first-order valence-electron chi connectivity index (χ1n) is 10.4. The van der Waals surface area contributed by atoms with Crippen LogP contribution in [0.5, 0.6) is 0 Å². The van der Waals surface area contributed by atoms with Crippen molar-refractivity contribution in [1.29, 1.82) is 0 Å². The van der Waals surface area contributed by atoms with E-state index in [1.807, 2.05) is 13.0 Å². The Balaban J connectivity index is 1.43. The fourth-order valence-corrected chi connectivity index (χ4v) is 4.12. The Hall–Kier alpha value is -3.69. The van der Waals surface area contributed by atoms with Gasteiger partial charge in [-0.1, -0.05) is 11.6 Å². The second-order valence-electron chi connectivity index (χ2n) is 7.80. The van der Waals surface area contributed by atoms with Gasteiger partial charge >= 0.3 is 0 Å². The summed E-state index contributed by atoms with van der Waals surface area (Å²) < 4.78 is 5.21. The molecule has 3 heterocycles. The lowest BCUT2D eigenvalue weighted by Crippen LogP contribution is -2.42. The average molecular weight is 465 g/mol. The van der Waals surface area contributed by atoms with Crippen LogP contribution >= 0.6 is 11.6 Å². The van der Waals surface area contributed by atoms with Crippen molar-refractivity contribution < 1.29 is 14.3 Å². The number of halogens is 1. The number of aromatic nitrogens is 4. The maximum Gasteiger partial charge on any atom is 0.253 e. The summed E-state index contributed by atoms with van der Waals surface area (Å²) >= 11 is 6.10. The molecular formula is C23H21ClN6O3. The molecule has 1 aliphatic rings. The predicted octanol–water partition coefficient (Wildman–Crippen LogP) is 3.13. The van der Waals surface area contributed by atoms with Gasteiger partial charge in [0.1, 0.15) is 18.5 Å². The molecular weight excluding hydrogens is 444 g/mol. The third-order valence-corrected chi connectivity index (χ3v) is 5.82. The van der Waals surface area contributed by atoms with Crippen LogP contribution in [0.15, 0.2) is 48.7 Å². The summed E-state index contributed by atoms with van der Waals surface area (Å²) in [6.45, 7) is 2.92. The van der Waals surface area contributed by atoms with Crippen LogP contribution in [-0.2, 0) is 9.53 Å². The highest BCUT2D eigenvalue weighted by atomic mass is 35.5. The number of imidazole rings is 1. The van der Waals surface area contributed by atoms with Crippen LogP contribution in [-0.4, -0.2) is 51.7 Å². The molecule has 0 aliphatic carbocycles. The summed E-state index contributed by atoms with van der Waals surface area (Å²) in [5.74, 6) is 0.180. The molecule has 4 aromatic rings. The maximum absolute atomic E-state index is 13.2. The van der Waals surface area contributed by atoms with Crippen LogP contribution in [0.25, 0.3) is 11.0 Å². The molecule has 1 fully saturated rings. The Morgan fingerprint density at radius 3 is 2.88 bits per heavy atom. The zero-order valence-corrected chi connectivity index (χ0v) is 18.5. The van der Waals surface area contributed by atoms with Crippen molar-refractivity contribution in [3.63, 3.8) is 0 Å². The molecule has 1 aliphatic heterocycles. The van der Waals surface area contributed by atoms with E-state index in [-0.39, 0.29) is 18.4 Å². The van der Waals surface area contributed by atoms with Gasteiger partial charge in [0.2, 0.25) is 0 Å². The van der Waals surface area contributed by atoms with Gasteiger partial charge in [-0.05, 0) is 55.0 Å². The van der Waals surface area contributed by atoms with Crippen molar-refractivity contribution in [2.45, 2.75) is 13.0 Å².